The molecule has 160 valence electrons. The van der Waals surface area contributed by atoms with E-state index in [9.17, 15) is 9.18 Å². The molecule has 0 bridgehead atoms. The van der Waals surface area contributed by atoms with Crippen molar-refractivity contribution in [3.63, 3.8) is 0 Å². The number of halogens is 1. The lowest BCUT2D eigenvalue weighted by atomic mass is 10.0. The van der Waals surface area contributed by atoms with E-state index in [1.54, 1.807) is 11.1 Å². The molecule has 0 atom stereocenters. The van der Waals surface area contributed by atoms with Gasteiger partial charge >= 0.3 is 0 Å². The van der Waals surface area contributed by atoms with E-state index < -0.39 is 0 Å². The molecule has 2 aromatic carbocycles. The second-order valence-electron chi connectivity index (χ2n) is 7.43. The molecule has 0 spiro atoms. The van der Waals surface area contributed by atoms with Crippen molar-refractivity contribution >= 4 is 34.0 Å². The Bertz CT molecular complexity index is 1320. The standard InChI is InChI=1S/C24H19FN4O2S/c25-21-12-20(13-26-14-21)17-7-9-29(10-8-17)22(30)15-32-24-28-27-23(31-24)19-6-5-16-3-1-2-4-18(16)11-19/h1-7,11-14H,8-10,15H2. The molecule has 0 radical (unpaired) electrons. The van der Waals surface area contributed by atoms with Crippen LogP contribution in [0.5, 0.6) is 0 Å². The quantitative estimate of drug-likeness (QED) is 0.409. The van der Waals surface area contributed by atoms with Gasteiger partial charge in [-0.05, 0) is 46.5 Å². The lowest BCUT2D eigenvalue weighted by Gasteiger charge is -2.26. The smallest absolute Gasteiger partial charge is 0.277 e. The summed E-state index contributed by atoms with van der Waals surface area (Å²) in [4.78, 5) is 18.3. The van der Waals surface area contributed by atoms with Crippen molar-refractivity contribution < 1.29 is 13.6 Å². The molecule has 4 aromatic rings. The molecule has 0 aliphatic carbocycles. The van der Waals surface area contributed by atoms with Gasteiger partial charge in [0.1, 0.15) is 5.82 Å². The van der Waals surface area contributed by atoms with Gasteiger partial charge in [-0.25, -0.2) is 4.39 Å². The van der Waals surface area contributed by atoms with E-state index in [1.165, 1.54) is 24.0 Å². The molecule has 2 aromatic heterocycles. The lowest BCUT2D eigenvalue weighted by Crippen LogP contribution is -2.35. The fourth-order valence-electron chi connectivity index (χ4n) is 3.67. The fraction of sp³-hybridized carbons (Fsp3) is 0.167. The van der Waals surface area contributed by atoms with Crippen LogP contribution in [0, 0.1) is 5.82 Å². The van der Waals surface area contributed by atoms with Crippen LogP contribution in [-0.4, -0.2) is 44.8 Å². The first-order valence-electron chi connectivity index (χ1n) is 10.2. The van der Waals surface area contributed by atoms with E-state index in [1.807, 2.05) is 48.5 Å². The number of benzene rings is 2. The van der Waals surface area contributed by atoms with E-state index in [0.717, 1.165) is 27.5 Å². The normalized spacial score (nSPS) is 13.9. The summed E-state index contributed by atoms with van der Waals surface area (Å²) >= 11 is 1.23. The van der Waals surface area contributed by atoms with Crippen LogP contribution in [0.25, 0.3) is 27.8 Å². The van der Waals surface area contributed by atoms with Gasteiger partial charge in [-0.3, -0.25) is 9.78 Å². The summed E-state index contributed by atoms with van der Waals surface area (Å²) in [7, 11) is 0. The number of carbonyl (C=O) groups excluding carboxylic acids is 1. The number of pyridine rings is 1. The Morgan fingerprint density at radius 1 is 1.06 bits per heavy atom. The minimum absolute atomic E-state index is 0.00637. The predicted molar refractivity (Wildman–Crippen MR) is 121 cm³/mol. The first kappa shape index (κ1) is 20.4. The summed E-state index contributed by atoms with van der Waals surface area (Å²) in [5.41, 5.74) is 2.61. The third kappa shape index (κ3) is 4.40. The molecule has 0 N–H and O–H groups in total. The number of hydrogen-bond donors (Lipinski definition) is 0. The van der Waals surface area contributed by atoms with Gasteiger partial charge in [-0.15, -0.1) is 10.2 Å². The summed E-state index contributed by atoms with van der Waals surface area (Å²) in [6.45, 7) is 1.06. The molecule has 1 aliphatic heterocycles. The Morgan fingerprint density at radius 2 is 1.94 bits per heavy atom. The van der Waals surface area contributed by atoms with Gasteiger partial charge in [0.05, 0.1) is 11.9 Å². The van der Waals surface area contributed by atoms with Crippen LogP contribution in [0.1, 0.15) is 12.0 Å². The Kier molecular flexibility index (Phi) is 5.68. The molecule has 8 heteroatoms. The monoisotopic (exact) mass is 446 g/mol. The lowest BCUT2D eigenvalue weighted by molar-refractivity contribution is -0.127. The number of carbonyl (C=O) groups is 1. The third-order valence-corrected chi connectivity index (χ3v) is 6.16. The van der Waals surface area contributed by atoms with Gasteiger partial charge in [0, 0.05) is 24.8 Å². The molecular weight excluding hydrogens is 427 g/mol. The minimum Gasteiger partial charge on any atom is -0.411 e. The molecule has 0 unspecified atom stereocenters. The molecule has 0 fully saturated rings. The zero-order valence-electron chi connectivity index (χ0n) is 17.1. The highest BCUT2D eigenvalue weighted by atomic mass is 32.2. The van der Waals surface area contributed by atoms with Crippen LogP contribution in [-0.2, 0) is 4.79 Å². The van der Waals surface area contributed by atoms with Crippen LogP contribution in [0.4, 0.5) is 4.39 Å². The average Bonchev–Trinajstić information content (AvgIpc) is 3.31. The fourth-order valence-corrected chi connectivity index (χ4v) is 4.33. The topological polar surface area (TPSA) is 72.1 Å². The van der Waals surface area contributed by atoms with Gasteiger partial charge in [0.15, 0.2) is 0 Å². The Hall–Kier alpha value is -3.52. The predicted octanol–water partition coefficient (Wildman–Crippen LogP) is 4.83. The SMILES string of the molecule is O=C(CSc1nnc(-c2ccc3ccccc3c2)o1)N1CC=C(c2cncc(F)c2)CC1. The molecule has 6 nitrogen and oxygen atoms in total. The Balaban J connectivity index is 1.19. The van der Waals surface area contributed by atoms with Gasteiger partial charge < -0.3 is 9.32 Å². The molecule has 1 aliphatic rings. The van der Waals surface area contributed by atoms with Crippen LogP contribution in [0.2, 0.25) is 0 Å². The van der Waals surface area contributed by atoms with Crippen molar-refractivity contribution in [3.8, 4) is 11.5 Å². The molecule has 0 saturated carbocycles. The number of nitrogens with zero attached hydrogens (tertiary/aromatic N) is 4. The minimum atomic E-state index is -0.360. The number of hydrogen-bond acceptors (Lipinski definition) is 6. The highest BCUT2D eigenvalue weighted by Crippen LogP contribution is 2.27. The maximum Gasteiger partial charge on any atom is 0.277 e. The van der Waals surface area contributed by atoms with Crippen LogP contribution in [0.3, 0.4) is 0 Å². The highest BCUT2D eigenvalue weighted by molar-refractivity contribution is 7.99. The molecule has 1 amide bonds. The first-order valence-corrected chi connectivity index (χ1v) is 11.2. The number of thioether (sulfide) groups is 1. The van der Waals surface area contributed by atoms with Gasteiger partial charge in [0.25, 0.3) is 5.22 Å². The largest absolute Gasteiger partial charge is 0.411 e. The summed E-state index contributed by atoms with van der Waals surface area (Å²) in [6.07, 6.45) is 5.44. The van der Waals surface area contributed by atoms with Gasteiger partial charge in [-0.1, -0.05) is 48.2 Å². The number of amides is 1. The maximum atomic E-state index is 13.4. The van der Waals surface area contributed by atoms with E-state index in [0.29, 0.717) is 30.6 Å². The second-order valence-corrected chi connectivity index (χ2v) is 8.36. The Morgan fingerprint density at radius 3 is 2.75 bits per heavy atom. The van der Waals surface area contributed by atoms with E-state index in [2.05, 4.69) is 15.2 Å². The molecule has 3 heterocycles. The van der Waals surface area contributed by atoms with Gasteiger partial charge in [-0.2, -0.15) is 0 Å². The summed E-state index contributed by atoms with van der Waals surface area (Å²) in [5.74, 6) is 0.276. The zero-order chi connectivity index (χ0) is 21.9. The molecule has 5 rings (SSSR count). The van der Waals surface area contributed by atoms with Crippen molar-refractivity contribution in [1.29, 1.82) is 0 Å². The van der Waals surface area contributed by atoms with Crippen molar-refractivity contribution in [2.45, 2.75) is 11.6 Å². The highest BCUT2D eigenvalue weighted by Gasteiger charge is 2.20. The summed E-state index contributed by atoms with van der Waals surface area (Å²) < 4.78 is 19.1. The van der Waals surface area contributed by atoms with E-state index >= 15 is 0 Å². The zero-order valence-corrected chi connectivity index (χ0v) is 17.9. The Labute approximate surface area is 188 Å². The van der Waals surface area contributed by atoms with Crippen molar-refractivity contribution in [2.24, 2.45) is 0 Å². The van der Waals surface area contributed by atoms with E-state index in [4.69, 9.17) is 4.42 Å². The van der Waals surface area contributed by atoms with E-state index in [-0.39, 0.29) is 17.5 Å². The number of rotatable bonds is 5. The van der Waals surface area contributed by atoms with Crippen molar-refractivity contribution in [2.75, 3.05) is 18.8 Å². The van der Waals surface area contributed by atoms with Crippen molar-refractivity contribution in [3.05, 3.63) is 78.4 Å². The van der Waals surface area contributed by atoms with Crippen LogP contribution >= 0.6 is 11.8 Å². The third-order valence-electron chi connectivity index (χ3n) is 5.36. The van der Waals surface area contributed by atoms with Crippen molar-refractivity contribution in [1.82, 2.24) is 20.1 Å². The second kappa shape index (κ2) is 8.92. The van der Waals surface area contributed by atoms with Crippen LogP contribution < -0.4 is 0 Å². The molecule has 32 heavy (non-hydrogen) atoms. The van der Waals surface area contributed by atoms with Crippen LogP contribution in [0.15, 0.2) is 76.6 Å². The number of fused-ring (bicyclic) bond motifs is 1. The molecule has 0 saturated heterocycles. The summed E-state index contributed by atoms with van der Waals surface area (Å²) in [6, 6.07) is 15.5. The molecular formula is C24H19FN4O2S. The maximum absolute atomic E-state index is 13.4. The van der Waals surface area contributed by atoms with Gasteiger partial charge in [0.2, 0.25) is 11.8 Å². The average molecular weight is 447 g/mol. The first-order chi connectivity index (χ1) is 15.7. The number of aromatic nitrogens is 3. The summed E-state index contributed by atoms with van der Waals surface area (Å²) in [5, 5.41) is 10.8.